The fourth-order valence-corrected chi connectivity index (χ4v) is 2.37. The molecule has 0 bridgehead atoms. The monoisotopic (exact) mass is 278 g/mol. The zero-order chi connectivity index (χ0) is 13.7. The van der Waals surface area contributed by atoms with Crippen molar-refractivity contribution in [2.45, 2.75) is 19.0 Å². The van der Waals surface area contributed by atoms with E-state index < -0.39 is 0 Å². The summed E-state index contributed by atoms with van der Waals surface area (Å²) in [4.78, 5) is 8.64. The van der Waals surface area contributed by atoms with Crippen molar-refractivity contribution in [2.75, 3.05) is 12.4 Å². The highest BCUT2D eigenvalue weighted by Crippen LogP contribution is 2.17. The van der Waals surface area contributed by atoms with Gasteiger partial charge in [-0.05, 0) is 32.0 Å². The van der Waals surface area contributed by atoms with Crippen LogP contribution in [0.15, 0.2) is 35.5 Å². The summed E-state index contributed by atoms with van der Waals surface area (Å²) in [7, 11) is 0. The van der Waals surface area contributed by atoms with Gasteiger partial charge < -0.3 is 4.74 Å². The molecular formula is C14H15FN2OS. The normalized spacial score (nSPS) is 10.5. The summed E-state index contributed by atoms with van der Waals surface area (Å²) in [6.07, 6.45) is 0. The second-order valence-electron chi connectivity index (χ2n) is 4.06. The molecule has 1 aromatic carbocycles. The van der Waals surface area contributed by atoms with Crippen molar-refractivity contribution in [2.24, 2.45) is 0 Å². The van der Waals surface area contributed by atoms with Crippen LogP contribution in [0.4, 0.5) is 4.39 Å². The van der Waals surface area contributed by atoms with Gasteiger partial charge in [0.15, 0.2) is 16.7 Å². The van der Waals surface area contributed by atoms with Crippen LogP contribution < -0.4 is 4.74 Å². The minimum atomic E-state index is -0.338. The summed E-state index contributed by atoms with van der Waals surface area (Å²) in [6, 6.07) is 8.32. The third-order valence-electron chi connectivity index (χ3n) is 2.37. The molecular weight excluding hydrogens is 263 g/mol. The maximum absolute atomic E-state index is 13.3. The van der Waals surface area contributed by atoms with Crippen molar-refractivity contribution in [3.8, 4) is 5.75 Å². The smallest absolute Gasteiger partial charge is 0.188 e. The quantitative estimate of drug-likeness (QED) is 0.477. The Bertz CT molecular complexity index is 543. The molecule has 0 aliphatic carbocycles. The van der Waals surface area contributed by atoms with Crippen LogP contribution in [0, 0.1) is 19.7 Å². The first-order valence-electron chi connectivity index (χ1n) is 5.97. The molecule has 0 radical (unpaired) electrons. The van der Waals surface area contributed by atoms with Crippen LogP contribution in [-0.2, 0) is 0 Å². The summed E-state index contributed by atoms with van der Waals surface area (Å²) in [6.45, 7) is 4.30. The van der Waals surface area contributed by atoms with Crippen molar-refractivity contribution in [3.63, 3.8) is 0 Å². The maximum Gasteiger partial charge on any atom is 0.188 e. The second-order valence-corrected chi connectivity index (χ2v) is 5.12. The summed E-state index contributed by atoms with van der Waals surface area (Å²) >= 11 is 1.50. The molecule has 0 unspecified atom stereocenters. The average molecular weight is 278 g/mol. The zero-order valence-corrected chi connectivity index (χ0v) is 11.7. The highest BCUT2D eigenvalue weighted by atomic mass is 32.2. The van der Waals surface area contributed by atoms with Gasteiger partial charge >= 0.3 is 0 Å². The second kappa shape index (κ2) is 6.52. The Hall–Kier alpha value is -1.62. The van der Waals surface area contributed by atoms with Crippen LogP contribution in [0.3, 0.4) is 0 Å². The van der Waals surface area contributed by atoms with Crippen LogP contribution in [0.1, 0.15) is 11.4 Å². The number of rotatable bonds is 5. The van der Waals surface area contributed by atoms with Gasteiger partial charge in [-0.2, -0.15) is 0 Å². The van der Waals surface area contributed by atoms with E-state index in [-0.39, 0.29) is 11.6 Å². The minimum Gasteiger partial charge on any atom is -0.490 e. The Labute approximate surface area is 116 Å². The highest BCUT2D eigenvalue weighted by molar-refractivity contribution is 7.99. The van der Waals surface area contributed by atoms with E-state index in [1.165, 1.54) is 17.8 Å². The fraction of sp³-hybridized carbons (Fsp3) is 0.286. The number of halogens is 1. The van der Waals surface area contributed by atoms with Crippen LogP contribution in [0.5, 0.6) is 5.75 Å². The lowest BCUT2D eigenvalue weighted by Crippen LogP contribution is -2.03. The number of aryl methyl sites for hydroxylation is 2. The third kappa shape index (κ3) is 4.21. The van der Waals surface area contributed by atoms with Crippen molar-refractivity contribution in [1.82, 2.24) is 9.97 Å². The number of aromatic nitrogens is 2. The average Bonchev–Trinajstić information content (AvgIpc) is 2.35. The SMILES string of the molecule is Cc1cc(C)nc(SCCOc2ccccc2F)n1. The van der Waals surface area contributed by atoms with Gasteiger partial charge in [0.25, 0.3) is 0 Å². The molecule has 0 amide bonds. The van der Waals surface area contributed by atoms with Crippen molar-refractivity contribution < 1.29 is 9.13 Å². The van der Waals surface area contributed by atoms with Gasteiger partial charge in [-0.1, -0.05) is 23.9 Å². The molecule has 5 heteroatoms. The first kappa shape index (κ1) is 13.8. The van der Waals surface area contributed by atoms with Gasteiger partial charge in [-0.15, -0.1) is 0 Å². The van der Waals surface area contributed by atoms with E-state index in [9.17, 15) is 4.39 Å². The van der Waals surface area contributed by atoms with Crippen LogP contribution in [0.2, 0.25) is 0 Å². The van der Waals surface area contributed by atoms with E-state index in [0.717, 1.165) is 16.5 Å². The molecule has 2 rings (SSSR count). The van der Waals surface area contributed by atoms with E-state index in [1.807, 2.05) is 19.9 Å². The van der Waals surface area contributed by atoms with E-state index >= 15 is 0 Å². The molecule has 3 nitrogen and oxygen atoms in total. The molecule has 0 N–H and O–H groups in total. The maximum atomic E-state index is 13.3. The number of para-hydroxylation sites is 1. The number of hydrogen-bond acceptors (Lipinski definition) is 4. The van der Waals surface area contributed by atoms with E-state index in [1.54, 1.807) is 18.2 Å². The van der Waals surface area contributed by atoms with Crippen molar-refractivity contribution in [1.29, 1.82) is 0 Å². The third-order valence-corrected chi connectivity index (χ3v) is 3.18. The molecule has 100 valence electrons. The first-order valence-corrected chi connectivity index (χ1v) is 6.96. The number of hydrogen-bond donors (Lipinski definition) is 0. The molecule has 0 saturated carbocycles. The Balaban J connectivity index is 1.82. The first-order chi connectivity index (χ1) is 9.15. The van der Waals surface area contributed by atoms with Gasteiger partial charge in [-0.3, -0.25) is 0 Å². The highest BCUT2D eigenvalue weighted by Gasteiger charge is 2.03. The van der Waals surface area contributed by atoms with Crippen LogP contribution >= 0.6 is 11.8 Å². The molecule has 1 heterocycles. The van der Waals surface area contributed by atoms with Gasteiger partial charge in [0.05, 0.1) is 6.61 Å². The standard InChI is InChI=1S/C14H15FN2OS/c1-10-9-11(2)17-14(16-10)19-8-7-18-13-6-4-3-5-12(13)15/h3-6,9H,7-8H2,1-2H3. The lowest BCUT2D eigenvalue weighted by molar-refractivity contribution is 0.325. The molecule has 0 fully saturated rings. The van der Waals surface area contributed by atoms with Gasteiger partial charge in [0, 0.05) is 17.1 Å². The predicted octanol–water partition coefficient (Wildman–Crippen LogP) is 3.40. The summed E-state index contributed by atoms with van der Waals surface area (Å²) in [5.74, 6) is 0.622. The van der Waals surface area contributed by atoms with Gasteiger partial charge in [0.1, 0.15) is 0 Å². The molecule has 0 aliphatic rings. The Morgan fingerprint density at radius 2 is 1.84 bits per heavy atom. The lowest BCUT2D eigenvalue weighted by atomic mass is 10.3. The summed E-state index contributed by atoms with van der Waals surface area (Å²) in [5.41, 5.74) is 1.90. The molecule has 19 heavy (non-hydrogen) atoms. The van der Waals surface area contributed by atoms with Gasteiger partial charge in [0.2, 0.25) is 0 Å². The van der Waals surface area contributed by atoms with E-state index in [4.69, 9.17) is 4.74 Å². The minimum absolute atomic E-state index is 0.282. The van der Waals surface area contributed by atoms with E-state index in [0.29, 0.717) is 12.4 Å². The largest absolute Gasteiger partial charge is 0.490 e. The zero-order valence-electron chi connectivity index (χ0n) is 10.9. The molecule has 0 aliphatic heterocycles. The van der Waals surface area contributed by atoms with Crippen LogP contribution in [0.25, 0.3) is 0 Å². The number of ether oxygens (including phenoxy) is 1. The topological polar surface area (TPSA) is 35.0 Å². The van der Waals surface area contributed by atoms with Gasteiger partial charge in [-0.25, -0.2) is 14.4 Å². The van der Waals surface area contributed by atoms with Crippen molar-refractivity contribution in [3.05, 3.63) is 47.5 Å². The van der Waals surface area contributed by atoms with Crippen molar-refractivity contribution >= 4 is 11.8 Å². The number of nitrogens with zero attached hydrogens (tertiary/aromatic N) is 2. The Kier molecular flexibility index (Phi) is 4.74. The van der Waals surface area contributed by atoms with Crippen LogP contribution in [-0.4, -0.2) is 22.3 Å². The number of thioether (sulfide) groups is 1. The molecule has 0 atom stereocenters. The fourth-order valence-electron chi connectivity index (χ4n) is 1.60. The molecule has 0 spiro atoms. The van der Waals surface area contributed by atoms with E-state index in [2.05, 4.69) is 9.97 Å². The molecule has 1 aromatic heterocycles. The number of benzene rings is 1. The Morgan fingerprint density at radius 3 is 2.53 bits per heavy atom. The Morgan fingerprint density at radius 1 is 1.16 bits per heavy atom. The molecule has 2 aromatic rings. The summed E-state index contributed by atoms with van der Waals surface area (Å²) < 4.78 is 18.7. The lowest BCUT2D eigenvalue weighted by Gasteiger charge is -2.06. The summed E-state index contributed by atoms with van der Waals surface area (Å²) in [5, 5.41) is 0.731. The molecule has 0 saturated heterocycles. The predicted molar refractivity (Wildman–Crippen MR) is 74.1 cm³/mol.